The summed E-state index contributed by atoms with van der Waals surface area (Å²) in [5.74, 6) is -1.20. The van der Waals surface area contributed by atoms with Crippen LogP contribution < -0.4 is 15.8 Å². The number of nitrogens with zero attached hydrogens (tertiary/aromatic N) is 2. The lowest BCUT2D eigenvalue weighted by Crippen LogP contribution is -2.56. The lowest BCUT2D eigenvalue weighted by Gasteiger charge is -2.38. The van der Waals surface area contributed by atoms with E-state index in [0.29, 0.717) is 24.9 Å². The maximum atomic E-state index is 13.8. The Morgan fingerprint density at radius 1 is 1.14 bits per heavy atom. The molecule has 0 aliphatic carbocycles. The van der Waals surface area contributed by atoms with Gasteiger partial charge in [-0.2, -0.15) is 4.72 Å². The summed E-state index contributed by atoms with van der Waals surface area (Å²) < 4.78 is 34.4. The molecular formula is C28H38N6O7S. The van der Waals surface area contributed by atoms with Crippen molar-refractivity contribution in [2.45, 2.75) is 56.2 Å². The molecular weight excluding hydrogens is 564 g/mol. The molecule has 2 saturated heterocycles. The smallest absolute Gasteiger partial charge is 0.450 e. The minimum atomic E-state index is -4.26. The molecule has 4 rings (SSSR count). The van der Waals surface area contributed by atoms with Crippen LogP contribution in [0.5, 0.6) is 0 Å². The second kappa shape index (κ2) is 13.4. The van der Waals surface area contributed by atoms with Gasteiger partial charge < -0.3 is 30.7 Å². The maximum absolute atomic E-state index is 13.8. The van der Waals surface area contributed by atoms with Gasteiger partial charge in [-0.05, 0) is 54.0 Å². The molecule has 13 nitrogen and oxygen atoms in total. The first kappa shape index (κ1) is 31.0. The highest BCUT2D eigenvalue weighted by Gasteiger charge is 2.38. The van der Waals surface area contributed by atoms with E-state index >= 15 is 0 Å². The SMILES string of the molecule is C[C@@H]1CCN(C(=O)[C@H](CC(=O)NC[C@@H]2CCCN(C(=N)N)C2)NS(=O)(=O)c2ccc3ccccc3c2)C(OC(=O)O)C1. The van der Waals surface area contributed by atoms with Crippen LogP contribution in [0.2, 0.25) is 0 Å². The van der Waals surface area contributed by atoms with Gasteiger partial charge in [-0.25, -0.2) is 13.2 Å². The van der Waals surface area contributed by atoms with E-state index in [9.17, 15) is 27.9 Å². The van der Waals surface area contributed by atoms with Crippen LogP contribution in [0.3, 0.4) is 0 Å². The summed E-state index contributed by atoms with van der Waals surface area (Å²) in [4.78, 5) is 41.1. The molecule has 42 heavy (non-hydrogen) atoms. The maximum Gasteiger partial charge on any atom is 0.507 e. The number of likely N-dealkylation sites (tertiary alicyclic amines) is 2. The summed E-state index contributed by atoms with van der Waals surface area (Å²) >= 11 is 0. The number of ether oxygens (including phenoxy) is 1. The third-order valence-corrected chi connectivity index (χ3v) is 9.27. The van der Waals surface area contributed by atoms with E-state index in [4.69, 9.17) is 15.9 Å². The van der Waals surface area contributed by atoms with Gasteiger partial charge >= 0.3 is 6.16 Å². The van der Waals surface area contributed by atoms with Crippen molar-refractivity contribution in [2.75, 3.05) is 26.2 Å². The zero-order chi connectivity index (χ0) is 30.4. The molecule has 0 radical (unpaired) electrons. The van der Waals surface area contributed by atoms with E-state index in [1.54, 1.807) is 23.1 Å². The Hall–Kier alpha value is -3.91. The molecule has 0 bridgehead atoms. The number of hydrogen-bond donors (Lipinski definition) is 5. The normalized spacial score (nSPS) is 21.9. The predicted molar refractivity (Wildman–Crippen MR) is 155 cm³/mol. The number of nitrogens with one attached hydrogen (secondary N) is 3. The van der Waals surface area contributed by atoms with Crippen molar-refractivity contribution in [3.8, 4) is 0 Å². The lowest BCUT2D eigenvalue weighted by molar-refractivity contribution is -0.150. The molecule has 2 amide bonds. The number of rotatable bonds is 9. The molecule has 2 heterocycles. The van der Waals surface area contributed by atoms with Crippen molar-refractivity contribution in [1.29, 1.82) is 5.41 Å². The summed E-state index contributed by atoms with van der Waals surface area (Å²) in [5, 5.41) is 21.2. The number of guanidine groups is 1. The Bertz CT molecular complexity index is 1430. The third kappa shape index (κ3) is 7.88. The van der Waals surface area contributed by atoms with Crippen LogP contribution in [0.15, 0.2) is 47.4 Å². The molecule has 1 unspecified atom stereocenters. The Labute approximate surface area is 244 Å². The fourth-order valence-corrected chi connectivity index (χ4v) is 6.73. The van der Waals surface area contributed by atoms with Crippen LogP contribution in [-0.2, 0) is 24.3 Å². The Kier molecular flexibility index (Phi) is 9.89. The summed E-state index contributed by atoms with van der Waals surface area (Å²) in [5.41, 5.74) is 5.61. The van der Waals surface area contributed by atoms with Gasteiger partial charge in [0.2, 0.25) is 21.8 Å². The third-order valence-electron chi connectivity index (χ3n) is 7.80. The average Bonchev–Trinajstić information content (AvgIpc) is 2.95. The molecule has 2 aromatic rings. The van der Waals surface area contributed by atoms with Gasteiger partial charge in [0.1, 0.15) is 6.04 Å². The highest BCUT2D eigenvalue weighted by Crippen LogP contribution is 2.26. The number of nitrogens with two attached hydrogens (primary N) is 1. The van der Waals surface area contributed by atoms with Crippen LogP contribution >= 0.6 is 0 Å². The second-order valence-corrected chi connectivity index (χ2v) is 12.7. The monoisotopic (exact) mass is 602 g/mol. The number of amides is 2. The quantitative estimate of drug-likeness (QED) is 0.162. The number of sulfonamides is 1. The number of carbonyl (C=O) groups excluding carboxylic acids is 2. The van der Waals surface area contributed by atoms with Crippen molar-refractivity contribution in [3.05, 3.63) is 42.5 Å². The first-order valence-electron chi connectivity index (χ1n) is 14.0. The number of carbonyl (C=O) groups is 3. The van der Waals surface area contributed by atoms with Gasteiger partial charge in [0.05, 0.1) is 11.3 Å². The first-order valence-corrected chi connectivity index (χ1v) is 15.5. The summed E-state index contributed by atoms with van der Waals surface area (Å²) in [7, 11) is -4.26. The molecule has 0 spiro atoms. The Morgan fingerprint density at radius 2 is 1.88 bits per heavy atom. The van der Waals surface area contributed by atoms with Crippen molar-refractivity contribution >= 4 is 44.7 Å². The molecule has 228 valence electrons. The van der Waals surface area contributed by atoms with Crippen molar-refractivity contribution in [1.82, 2.24) is 19.8 Å². The van der Waals surface area contributed by atoms with Crippen LogP contribution in [0.1, 0.15) is 39.0 Å². The largest absolute Gasteiger partial charge is 0.507 e. The van der Waals surface area contributed by atoms with Gasteiger partial charge in [0.25, 0.3) is 0 Å². The molecule has 2 fully saturated rings. The van der Waals surface area contributed by atoms with Gasteiger partial charge in [0, 0.05) is 32.6 Å². The van der Waals surface area contributed by atoms with Crippen LogP contribution in [0, 0.1) is 17.2 Å². The average molecular weight is 603 g/mol. The molecule has 2 aliphatic rings. The first-order chi connectivity index (χ1) is 19.9. The zero-order valence-electron chi connectivity index (χ0n) is 23.5. The second-order valence-electron chi connectivity index (χ2n) is 11.0. The molecule has 14 heteroatoms. The van der Waals surface area contributed by atoms with Gasteiger partial charge in [-0.15, -0.1) is 0 Å². The van der Waals surface area contributed by atoms with E-state index in [-0.39, 0.29) is 42.2 Å². The van der Waals surface area contributed by atoms with Gasteiger partial charge in [0.15, 0.2) is 12.2 Å². The topological polar surface area (TPSA) is 195 Å². The predicted octanol–water partition coefficient (Wildman–Crippen LogP) is 1.88. The summed E-state index contributed by atoms with van der Waals surface area (Å²) in [6.07, 6.45) is -0.703. The molecule has 6 N–H and O–H groups in total. The molecule has 2 aliphatic heterocycles. The summed E-state index contributed by atoms with van der Waals surface area (Å²) in [6.45, 7) is 3.50. The van der Waals surface area contributed by atoms with E-state index in [0.717, 1.165) is 18.2 Å². The van der Waals surface area contributed by atoms with E-state index in [2.05, 4.69) is 10.0 Å². The number of benzene rings is 2. The summed E-state index contributed by atoms with van der Waals surface area (Å²) in [6, 6.07) is 10.3. The minimum absolute atomic E-state index is 0.0335. The molecule has 2 aromatic carbocycles. The standard InChI is InChI=1S/C28H38N6O7S/c1-18-10-12-34(25(13-18)41-28(37)38)26(36)23(15-24(35)31-16-19-5-4-11-33(17-19)27(29)30)32-42(39,40)22-9-8-20-6-2-3-7-21(20)14-22/h2-3,6-9,14,18-19,23,25,32H,4-5,10-13,15-17H2,1H3,(H3,29,30)(H,31,35)(H,37,38)/t18-,19+,23+,25?/m1/s1. The number of carboxylic acid groups (broad SMARTS) is 1. The fraction of sp³-hybridized carbons (Fsp3) is 0.500. The van der Waals surface area contributed by atoms with Crippen molar-refractivity contribution in [3.63, 3.8) is 0 Å². The molecule has 4 atom stereocenters. The van der Waals surface area contributed by atoms with E-state index < -0.39 is 46.7 Å². The van der Waals surface area contributed by atoms with Gasteiger partial charge in [-0.1, -0.05) is 37.3 Å². The zero-order valence-corrected chi connectivity index (χ0v) is 24.3. The van der Waals surface area contributed by atoms with Gasteiger partial charge in [-0.3, -0.25) is 15.0 Å². The van der Waals surface area contributed by atoms with Crippen LogP contribution in [0.4, 0.5) is 4.79 Å². The van der Waals surface area contributed by atoms with Crippen LogP contribution in [-0.4, -0.2) is 85.7 Å². The lowest BCUT2D eigenvalue weighted by atomic mass is 9.96. The molecule has 0 aromatic heterocycles. The van der Waals surface area contributed by atoms with E-state index in [1.165, 1.54) is 17.0 Å². The fourth-order valence-electron chi connectivity index (χ4n) is 5.51. The number of piperidine rings is 2. The highest BCUT2D eigenvalue weighted by molar-refractivity contribution is 7.89. The highest BCUT2D eigenvalue weighted by atomic mass is 32.2. The Balaban J connectivity index is 1.54. The van der Waals surface area contributed by atoms with Crippen LogP contribution in [0.25, 0.3) is 10.8 Å². The van der Waals surface area contributed by atoms with E-state index in [1.807, 2.05) is 19.1 Å². The number of fused-ring (bicyclic) bond motifs is 1. The Morgan fingerprint density at radius 3 is 2.60 bits per heavy atom. The number of hydrogen-bond acceptors (Lipinski definition) is 7. The van der Waals surface area contributed by atoms with Crippen molar-refractivity contribution < 1.29 is 32.6 Å². The molecule has 0 saturated carbocycles. The minimum Gasteiger partial charge on any atom is -0.450 e. The van der Waals surface area contributed by atoms with Crippen molar-refractivity contribution in [2.24, 2.45) is 17.6 Å².